The Kier molecular flexibility index (Phi) is 14.0. The van der Waals surface area contributed by atoms with Crippen molar-refractivity contribution in [1.29, 1.82) is 0 Å². The Morgan fingerprint density at radius 1 is 0.902 bits per heavy atom. The van der Waals surface area contributed by atoms with Crippen molar-refractivity contribution in [3.05, 3.63) is 96.6 Å². The average Bonchev–Trinajstić information content (AvgIpc) is 2.98. The summed E-state index contributed by atoms with van der Waals surface area (Å²) in [4.78, 5) is 25.8. The minimum Gasteiger partial charge on any atom is -0.468 e. The zero-order chi connectivity index (χ0) is 30.3. The molecule has 41 heavy (non-hydrogen) atoms. The van der Waals surface area contributed by atoms with E-state index in [1.165, 1.54) is 24.6 Å². The molecule has 0 amide bonds. The molecule has 0 aromatic heterocycles. The topological polar surface area (TPSA) is 82.1 Å². The molecule has 0 aliphatic carbocycles. The van der Waals surface area contributed by atoms with Gasteiger partial charge in [0, 0.05) is 6.61 Å². The zero-order valence-corrected chi connectivity index (χ0v) is 26.5. The molecule has 0 saturated carbocycles. The molecule has 6 nitrogen and oxygen atoms in total. The van der Waals surface area contributed by atoms with Gasteiger partial charge >= 0.3 is 11.9 Å². The van der Waals surface area contributed by atoms with E-state index in [2.05, 4.69) is 45.0 Å². The summed E-state index contributed by atoms with van der Waals surface area (Å²) in [5.41, 5.74) is -0.638. The Morgan fingerprint density at radius 2 is 1.44 bits per heavy atom. The Hall–Kier alpha value is -3.26. The smallest absolute Gasteiger partial charge is 0.323 e. The van der Waals surface area contributed by atoms with Crippen molar-refractivity contribution in [3.8, 4) is 0 Å². The molecule has 0 heterocycles. The van der Waals surface area contributed by atoms with Crippen LogP contribution >= 0.6 is 0 Å². The quantitative estimate of drug-likeness (QED) is 0.106. The number of rotatable bonds is 15. The third-order valence-electron chi connectivity index (χ3n) is 7.06. The van der Waals surface area contributed by atoms with E-state index in [1.54, 1.807) is 6.08 Å². The molecular weight excluding hydrogens is 532 g/mol. The van der Waals surface area contributed by atoms with Crippen LogP contribution in [0.2, 0.25) is 0 Å². The van der Waals surface area contributed by atoms with Crippen molar-refractivity contribution in [1.82, 2.24) is 0 Å². The third kappa shape index (κ3) is 10.3. The largest absolute Gasteiger partial charge is 0.468 e. The number of ether oxygens (including phenoxy) is 2. The van der Waals surface area contributed by atoms with Gasteiger partial charge in [-0.15, -0.1) is 0 Å². The van der Waals surface area contributed by atoms with Crippen LogP contribution in [-0.2, 0) is 23.5 Å². The van der Waals surface area contributed by atoms with Crippen LogP contribution in [-0.4, -0.2) is 53.0 Å². The molecule has 0 bridgehead atoms. The summed E-state index contributed by atoms with van der Waals surface area (Å²) in [5.74, 6) is -1.24. The number of methoxy groups -OCH3 is 2. The molecule has 7 heteroatoms. The monoisotopic (exact) mass is 578 g/mol. The van der Waals surface area contributed by atoms with Gasteiger partial charge in [0.1, 0.15) is 0 Å². The standard InChI is InChI=1S/C34H46O6Si/c1-27(17-16-26-35)23-25-34(31(36)38-5,32(37)39-6)24-15-9-14-22-30(33(2,3)4)40-41(28-18-10-7-11-19-28)29-20-12-8-13-21-29/h7-15,17-22,30,35,41H,16,23-26H2,1-6H3. The third-order valence-corrected chi connectivity index (χ3v) is 9.61. The second-order valence-electron chi connectivity index (χ2n) is 11.3. The van der Waals surface area contributed by atoms with Gasteiger partial charge in [0.2, 0.25) is 9.04 Å². The maximum absolute atomic E-state index is 12.9. The lowest BCUT2D eigenvalue weighted by atomic mass is 9.78. The lowest BCUT2D eigenvalue weighted by Gasteiger charge is -2.32. The number of hydrogen-bond donors (Lipinski definition) is 1. The fourth-order valence-corrected chi connectivity index (χ4v) is 7.21. The highest BCUT2D eigenvalue weighted by Gasteiger charge is 2.47. The highest BCUT2D eigenvalue weighted by molar-refractivity contribution is 6.80. The summed E-state index contributed by atoms with van der Waals surface area (Å²) >= 11 is 0. The van der Waals surface area contributed by atoms with E-state index in [9.17, 15) is 9.59 Å². The molecule has 0 aliphatic heterocycles. The van der Waals surface area contributed by atoms with Crippen LogP contribution in [0.4, 0.5) is 0 Å². The molecule has 222 valence electrons. The van der Waals surface area contributed by atoms with Crippen molar-refractivity contribution in [2.45, 2.75) is 59.5 Å². The molecule has 1 atom stereocenters. The molecule has 0 fully saturated rings. The summed E-state index contributed by atoms with van der Waals surface area (Å²) in [6.45, 7) is 8.42. The molecule has 0 saturated heterocycles. The predicted octanol–water partition coefficient (Wildman–Crippen LogP) is 4.90. The van der Waals surface area contributed by atoms with E-state index in [0.29, 0.717) is 12.8 Å². The van der Waals surface area contributed by atoms with Gasteiger partial charge in [-0.1, -0.05) is 117 Å². The van der Waals surface area contributed by atoms with Gasteiger partial charge < -0.3 is 19.0 Å². The summed E-state index contributed by atoms with van der Waals surface area (Å²) < 4.78 is 17.0. The number of carbonyl (C=O) groups excluding carboxylic acids is 2. The lowest BCUT2D eigenvalue weighted by Crippen LogP contribution is -2.49. The Bertz CT molecular complexity index is 1110. The summed E-state index contributed by atoms with van der Waals surface area (Å²) in [5, 5.41) is 11.5. The van der Waals surface area contributed by atoms with Gasteiger partial charge in [-0.05, 0) is 48.4 Å². The lowest BCUT2D eigenvalue weighted by molar-refractivity contribution is -0.169. The fraction of sp³-hybridized carbons (Fsp3) is 0.412. The number of aliphatic hydroxyl groups is 1. The molecule has 0 spiro atoms. The van der Waals surface area contributed by atoms with Gasteiger partial charge in [0.05, 0.1) is 20.3 Å². The molecule has 2 aromatic rings. The SMILES string of the molecule is COC(=O)C(CC=CC=CC(O[SiH](c1ccccc1)c1ccccc1)C(C)(C)C)(CCC(C)=CCCO)C(=O)OC. The first-order valence-corrected chi connectivity index (χ1v) is 15.7. The van der Waals surface area contributed by atoms with Crippen LogP contribution in [0.15, 0.2) is 96.6 Å². The zero-order valence-electron chi connectivity index (χ0n) is 25.3. The molecule has 2 aromatic carbocycles. The molecule has 1 N–H and O–H groups in total. The van der Waals surface area contributed by atoms with Crippen LogP contribution < -0.4 is 10.4 Å². The first-order valence-electron chi connectivity index (χ1n) is 14.1. The van der Waals surface area contributed by atoms with Crippen molar-refractivity contribution >= 4 is 31.4 Å². The summed E-state index contributed by atoms with van der Waals surface area (Å²) in [6.07, 6.45) is 10.7. The van der Waals surface area contributed by atoms with Gasteiger partial charge in [0.25, 0.3) is 0 Å². The Balaban J connectivity index is 2.29. The van der Waals surface area contributed by atoms with E-state index < -0.39 is 26.4 Å². The van der Waals surface area contributed by atoms with E-state index in [-0.39, 0.29) is 31.0 Å². The number of hydrogen-bond acceptors (Lipinski definition) is 6. The predicted molar refractivity (Wildman–Crippen MR) is 168 cm³/mol. The number of benzene rings is 2. The van der Waals surface area contributed by atoms with E-state index in [0.717, 1.165) is 5.57 Å². The van der Waals surface area contributed by atoms with E-state index in [1.807, 2.05) is 67.6 Å². The number of aliphatic hydroxyl groups excluding tert-OH is 1. The van der Waals surface area contributed by atoms with Crippen molar-refractivity contribution < 1.29 is 28.6 Å². The molecule has 2 rings (SSSR count). The van der Waals surface area contributed by atoms with E-state index in [4.69, 9.17) is 19.0 Å². The van der Waals surface area contributed by atoms with Gasteiger partial charge in [-0.25, -0.2) is 0 Å². The molecular formula is C34H46O6Si. The van der Waals surface area contributed by atoms with Crippen molar-refractivity contribution in [2.75, 3.05) is 20.8 Å². The number of allylic oxidation sites excluding steroid dienone is 4. The highest BCUT2D eigenvalue weighted by Crippen LogP contribution is 2.34. The van der Waals surface area contributed by atoms with Crippen LogP contribution in [0.25, 0.3) is 0 Å². The second kappa shape index (κ2) is 16.9. The second-order valence-corrected chi connectivity index (χ2v) is 13.6. The Labute approximate surface area is 247 Å². The average molecular weight is 579 g/mol. The highest BCUT2D eigenvalue weighted by atomic mass is 28.3. The molecule has 0 aliphatic rings. The first-order chi connectivity index (χ1) is 19.6. The van der Waals surface area contributed by atoms with Gasteiger partial charge in [-0.2, -0.15) is 0 Å². The van der Waals surface area contributed by atoms with Gasteiger partial charge in [0.15, 0.2) is 5.41 Å². The Morgan fingerprint density at radius 3 is 1.90 bits per heavy atom. The van der Waals surface area contributed by atoms with Crippen molar-refractivity contribution in [3.63, 3.8) is 0 Å². The summed E-state index contributed by atoms with van der Waals surface area (Å²) in [7, 11) is 0.585. The van der Waals surface area contributed by atoms with Gasteiger partial charge in [-0.3, -0.25) is 9.59 Å². The number of esters is 2. The van der Waals surface area contributed by atoms with Crippen LogP contribution in [0, 0.1) is 10.8 Å². The van der Waals surface area contributed by atoms with Crippen molar-refractivity contribution in [2.24, 2.45) is 10.8 Å². The maximum atomic E-state index is 12.9. The number of carbonyl (C=O) groups is 2. The molecule has 1 unspecified atom stereocenters. The van der Waals surface area contributed by atoms with E-state index >= 15 is 0 Å². The minimum absolute atomic E-state index is 0.0464. The van der Waals surface area contributed by atoms with Crippen LogP contribution in [0.1, 0.15) is 53.4 Å². The maximum Gasteiger partial charge on any atom is 0.323 e. The first kappa shape index (κ1) is 33.9. The summed E-state index contributed by atoms with van der Waals surface area (Å²) in [6, 6.07) is 20.7. The fourth-order valence-electron chi connectivity index (χ4n) is 4.57. The van der Waals surface area contributed by atoms with Crippen LogP contribution in [0.3, 0.4) is 0 Å². The minimum atomic E-state index is -1.98. The van der Waals surface area contributed by atoms with Crippen LogP contribution in [0.5, 0.6) is 0 Å². The molecule has 0 radical (unpaired) electrons. The normalized spacial score (nSPS) is 13.6.